The molecule has 1 saturated carbocycles. The highest BCUT2D eigenvalue weighted by molar-refractivity contribution is 6.09. The second-order valence-corrected chi connectivity index (χ2v) is 8.36. The molecule has 0 bridgehead atoms. The Hall–Kier alpha value is -1.99. The van der Waals surface area contributed by atoms with E-state index in [2.05, 4.69) is 43.9 Å². The Morgan fingerprint density at radius 2 is 2.07 bits per heavy atom. The van der Waals surface area contributed by atoms with Gasteiger partial charge in [0.1, 0.15) is 12.0 Å². The molecule has 0 amide bonds. The lowest BCUT2D eigenvalue weighted by Crippen LogP contribution is -2.35. The molecule has 7 nitrogen and oxygen atoms in total. The van der Waals surface area contributed by atoms with E-state index in [9.17, 15) is 0 Å². The summed E-state index contributed by atoms with van der Waals surface area (Å²) in [5, 5.41) is 5.18. The minimum atomic E-state index is 0.396. The van der Waals surface area contributed by atoms with Gasteiger partial charge in [0.15, 0.2) is 0 Å². The molecule has 0 aromatic carbocycles. The Labute approximate surface area is 161 Å². The van der Waals surface area contributed by atoms with Gasteiger partial charge in [-0.1, -0.05) is 0 Å². The highest BCUT2D eigenvalue weighted by Gasteiger charge is 2.30. The van der Waals surface area contributed by atoms with E-state index in [0.29, 0.717) is 5.92 Å². The lowest BCUT2D eigenvalue weighted by Gasteiger charge is -2.31. The van der Waals surface area contributed by atoms with Gasteiger partial charge in [-0.05, 0) is 64.7 Å². The van der Waals surface area contributed by atoms with Crippen molar-refractivity contribution in [3.05, 3.63) is 24.3 Å². The molecule has 2 aromatic heterocycles. The fourth-order valence-corrected chi connectivity index (χ4v) is 4.82. The molecule has 2 aromatic rings. The first-order valence-corrected chi connectivity index (χ1v) is 10.1. The van der Waals surface area contributed by atoms with E-state index >= 15 is 0 Å². The maximum Gasteiger partial charge on any atom is 0.141 e. The molecule has 2 fully saturated rings. The molecule has 1 atom stereocenters. The van der Waals surface area contributed by atoms with Gasteiger partial charge < -0.3 is 20.6 Å². The van der Waals surface area contributed by atoms with Crippen LogP contribution in [0.4, 0.5) is 0 Å². The first-order chi connectivity index (χ1) is 13.2. The number of aromatic nitrogens is 3. The second-order valence-electron chi connectivity index (χ2n) is 8.36. The minimum Gasteiger partial charge on any atom is -0.346 e. The molecule has 0 radical (unpaired) electrons. The van der Waals surface area contributed by atoms with E-state index in [0.717, 1.165) is 47.2 Å². The number of hydrogen-bond acceptors (Lipinski definition) is 6. The van der Waals surface area contributed by atoms with Crippen LogP contribution in [0.25, 0.3) is 11.0 Å². The van der Waals surface area contributed by atoms with E-state index < -0.39 is 0 Å². The summed E-state index contributed by atoms with van der Waals surface area (Å²) >= 11 is 0. The third-order valence-electron chi connectivity index (χ3n) is 6.46. The Morgan fingerprint density at radius 3 is 2.78 bits per heavy atom. The number of nitrogens with two attached hydrogens (primary N) is 1. The molecule has 0 spiro atoms. The van der Waals surface area contributed by atoms with Crippen LogP contribution in [0.5, 0.6) is 0 Å². The van der Waals surface area contributed by atoms with Crippen molar-refractivity contribution in [1.82, 2.24) is 24.8 Å². The summed E-state index contributed by atoms with van der Waals surface area (Å²) in [6.07, 6.45) is 9.56. The molecule has 3 heterocycles. The van der Waals surface area contributed by atoms with Crippen LogP contribution >= 0.6 is 0 Å². The third kappa shape index (κ3) is 3.84. The Kier molecular flexibility index (Phi) is 5.41. The van der Waals surface area contributed by atoms with Crippen molar-refractivity contribution < 1.29 is 0 Å². The molecule has 2 aliphatic rings. The van der Waals surface area contributed by atoms with Gasteiger partial charge in [0.05, 0.1) is 11.4 Å². The normalized spacial score (nSPS) is 27.7. The summed E-state index contributed by atoms with van der Waals surface area (Å²) in [4.78, 5) is 16.9. The Bertz CT molecular complexity index is 788. The number of nitrogens with zero attached hydrogens (tertiary/aromatic N) is 5. The highest BCUT2D eigenvalue weighted by atomic mass is 15.2. The number of H-pyrrole nitrogens is 1. The molecule has 1 saturated heterocycles. The zero-order chi connectivity index (χ0) is 18.8. The number of hydrogen-bond donors (Lipinski definition) is 2. The average molecular weight is 370 g/mol. The summed E-state index contributed by atoms with van der Waals surface area (Å²) in [5.41, 5.74) is 2.68. The average Bonchev–Trinajstić information content (AvgIpc) is 3.33. The standard InChI is InChI=1S/C20H31N7/c1-26(2)16-8-10-27(12-16)11-14-3-5-15(6-4-14)18(25-21)19-17-7-9-22-20(17)24-13-23-19/h7,9,13-16H,3-6,8,10-12,21H2,1-2H3,(H,22,23,24)/t14?,15?,16-/m0/s1. The summed E-state index contributed by atoms with van der Waals surface area (Å²) < 4.78 is 0. The van der Waals surface area contributed by atoms with Gasteiger partial charge in [-0.3, -0.25) is 0 Å². The van der Waals surface area contributed by atoms with Crippen molar-refractivity contribution in [1.29, 1.82) is 0 Å². The largest absolute Gasteiger partial charge is 0.346 e. The number of hydrazone groups is 1. The summed E-state index contributed by atoms with van der Waals surface area (Å²) in [6.45, 7) is 3.70. The topological polar surface area (TPSA) is 86.4 Å². The zero-order valence-corrected chi connectivity index (χ0v) is 16.4. The van der Waals surface area contributed by atoms with Crippen LogP contribution in [-0.2, 0) is 0 Å². The molecular formula is C20H31N7. The summed E-state index contributed by atoms with van der Waals surface area (Å²) in [7, 11) is 4.39. The van der Waals surface area contributed by atoms with Crippen molar-refractivity contribution in [2.24, 2.45) is 22.8 Å². The Balaban J connectivity index is 1.36. The summed E-state index contributed by atoms with van der Waals surface area (Å²) in [6, 6.07) is 2.73. The predicted molar refractivity (Wildman–Crippen MR) is 109 cm³/mol. The lowest BCUT2D eigenvalue weighted by molar-refractivity contribution is 0.206. The molecule has 7 heteroatoms. The van der Waals surface area contributed by atoms with E-state index in [1.165, 1.54) is 38.9 Å². The maximum absolute atomic E-state index is 5.81. The van der Waals surface area contributed by atoms with Crippen molar-refractivity contribution in [3.8, 4) is 0 Å². The predicted octanol–water partition coefficient (Wildman–Crippen LogP) is 2.06. The highest BCUT2D eigenvalue weighted by Crippen LogP contribution is 2.33. The minimum absolute atomic E-state index is 0.396. The van der Waals surface area contributed by atoms with Crippen molar-refractivity contribution in [2.75, 3.05) is 33.7 Å². The van der Waals surface area contributed by atoms with Gasteiger partial charge in [0.2, 0.25) is 0 Å². The van der Waals surface area contributed by atoms with E-state index in [-0.39, 0.29) is 0 Å². The molecule has 4 rings (SSSR count). The van der Waals surface area contributed by atoms with Crippen molar-refractivity contribution in [3.63, 3.8) is 0 Å². The fourth-order valence-electron chi connectivity index (χ4n) is 4.82. The zero-order valence-electron chi connectivity index (χ0n) is 16.4. The van der Waals surface area contributed by atoms with Gasteiger partial charge >= 0.3 is 0 Å². The molecular weight excluding hydrogens is 338 g/mol. The summed E-state index contributed by atoms with van der Waals surface area (Å²) in [5.74, 6) is 7.00. The lowest BCUT2D eigenvalue weighted by atomic mass is 9.78. The monoisotopic (exact) mass is 369 g/mol. The number of nitrogens with one attached hydrogen (secondary N) is 1. The number of likely N-dealkylation sites (N-methyl/N-ethyl adjacent to an activating group) is 1. The SMILES string of the molecule is CN(C)[C@H]1CCN(CC2CCC(C(=NN)c3ncnc4[nH]ccc34)CC2)C1. The first kappa shape index (κ1) is 18.4. The van der Waals surface area contributed by atoms with Crippen LogP contribution in [-0.4, -0.2) is 70.2 Å². The number of aromatic amines is 1. The van der Waals surface area contributed by atoms with Crippen LogP contribution in [0.1, 0.15) is 37.8 Å². The molecule has 1 aliphatic carbocycles. The van der Waals surface area contributed by atoms with Gasteiger partial charge in [0.25, 0.3) is 0 Å². The molecule has 1 aliphatic heterocycles. The van der Waals surface area contributed by atoms with E-state index in [1.54, 1.807) is 6.33 Å². The number of likely N-dealkylation sites (tertiary alicyclic amines) is 1. The smallest absolute Gasteiger partial charge is 0.141 e. The fraction of sp³-hybridized carbons (Fsp3) is 0.650. The number of fused-ring (bicyclic) bond motifs is 1. The van der Waals surface area contributed by atoms with E-state index in [1.807, 2.05) is 12.3 Å². The van der Waals surface area contributed by atoms with Crippen LogP contribution in [0.15, 0.2) is 23.7 Å². The van der Waals surface area contributed by atoms with Crippen LogP contribution in [0, 0.1) is 11.8 Å². The maximum atomic E-state index is 5.81. The van der Waals surface area contributed by atoms with Crippen molar-refractivity contribution in [2.45, 2.75) is 38.1 Å². The van der Waals surface area contributed by atoms with Crippen LogP contribution in [0.3, 0.4) is 0 Å². The Morgan fingerprint density at radius 1 is 1.26 bits per heavy atom. The van der Waals surface area contributed by atoms with Gasteiger partial charge in [0, 0.05) is 36.6 Å². The molecule has 0 unspecified atom stereocenters. The third-order valence-corrected chi connectivity index (χ3v) is 6.46. The van der Waals surface area contributed by atoms with Crippen LogP contribution < -0.4 is 5.84 Å². The molecule has 27 heavy (non-hydrogen) atoms. The quantitative estimate of drug-likeness (QED) is 0.479. The molecule has 3 N–H and O–H groups in total. The van der Waals surface area contributed by atoms with Crippen LogP contribution in [0.2, 0.25) is 0 Å². The first-order valence-electron chi connectivity index (χ1n) is 10.1. The van der Waals surface area contributed by atoms with Gasteiger partial charge in [-0.25, -0.2) is 9.97 Å². The van der Waals surface area contributed by atoms with Gasteiger partial charge in [-0.2, -0.15) is 5.10 Å². The molecule has 146 valence electrons. The van der Waals surface area contributed by atoms with E-state index in [4.69, 9.17) is 5.84 Å². The van der Waals surface area contributed by atoms with Gasteiger partial charge in [-0.15, -0.1) is 0 Å². The number of rotatable bonds is 5. The van der Waals surface area contributed by atoms with Crippen molar-refractivity contribution >= 4 is 16.7 Å². The second kappa shape index (κ2) is 7.94.